The highest BCUT2D eigenvalue weighted by molar-refractivity contribution is 7.99. The first-order chi connectivity index (χ1) is 8.52. The second kappa shape index (κ2) is 7.61. The molecule has 0 aliphatic heterocycles. The third kappa shape index (κ3) is 5.25. The van der Waals surface area contributed by atoms with Gasteiger partial charge in [0.05, 0.1) is 17.2 Å². The van der Waals surface area contributed by atoms with Gasteiger partial charge in [-0.25, -0.2) is 4.98 Å². The lowest BCUT2D eigenvalue weighted by molar-refractivity contribution is -0.142. The van der Waals surface area contributed by atoms with Crippen molar-refractivity contribution in [3.05, 3.63) is 23.4 Å². The third-order valence-electron chi connectivity index (χ3n) is 2.12. The fraction of sp³-hybridized carbons (Fsp3) is 0.500. The van der Waals surface area contributed by atoms with E-state index in [0.29, 0.717) is 10.8 Å². The van der Waals surface area contributed by atoms with Crippen LogP contribution in [0.15, 0.2) is 23.4 Å². The average Bonchev–Trinajstić information content (AvgIpc) is 2.35. The number of aromatic nitrogens is 1. The fourth-order valence-electron chi connectivity index (χ4n) is 1.35. The molecule has 0 saturated heterocycles. The van der Waals surface area contributed by atoms with Crippen molar-refractivity contribution >= 4 is 29.3 Å². The second-order valence-corrected chi connectivity index (χ2v) is 5.50. The molecule has 18 heavy (non-hydrogen) atoms. The SMILES string of the molecule is COC(=O)C(CSc1ccc(Cl)cn1)NC(C)C. The minimum atomic E-state index is -0.336. The molecular formula is C12H17ClN2O2S. The zero-order chi connectivity index (χ0) is 13.5. The van der Waals surface area contributed by atoms with Crippen LogP contribution < -0.4 is 5.32 Å². The summed E-state index contributed by atoms with van der Waals surface area (Å²) in [5.74, 6) is 0.310. The number of hydrogen-bond acceptors (Lipinski definition) is 5. The molecule has 0 bridgehead atoms. The van der Waals surface area contributed by atoms with Gasteiger partial charge in [-0.2, -0.15) is 0 Å². The van der Waals surface area contributed by atoms with Crippen LogP contribution in [0.1, 0.15) is 13.8 Å². The molecule has 1 aromatic heterocycles. The van der Waals surface area contributed by atoms with Crippen molar-refractivity contribution in [3.63, 3.8) is 0 Å². The highest BCUT2D eigenvalue weighted by Gasteiger charge is 2.20. The van der Waals surface area contributed by atoms with Crippen LogP contribution in [0.2, 0.25) is 5.02 Å². The number of carbonyl (C=O) groups excluding carboxylic acids is 1. The Bertz CT molecular complexity index is 384. The lowest BCUT2D eigenvalue weighted by Crippen LogP contribution is -2.43. The van der Waals surface area contributed by atoms with Gasteiger partial charge in [0.1, 0.15) is 6.04 Å². The minimum Gasteiger partial charge on any atom is -0.468 e. The highest BCUT2D eigenvalue weighted by atomic mass is 35.5. The van der Waals surface area contributed by atoms with Crippen LogP contribution in [0.3, 0.4) is 0 Å². The van der Waals surface area contributed by atoms with E-state index < -0.39 is 0 Å². The molecule has 0 aliphatic carbocycles. The summed E-state index contributed by atoms with van der Waals surface area (Å²) >= 11 is 7.25. The molecule has 1 atom stereocenters. The van der Waals surface area contributed by atoms with Crippen molar-refractivity contribution in [2.45, 2.75) is 31.0 Å². The number of carbonyl (C=O) groups is 1. The van der Waals surface area contributed by atoms with Crippen LogP contribution in [0.4, 0.5) is 0 Å². The van der Waals surface area contributed by atoms with Gasteiger partial charge in [0.2, 0.25) is 0 Å². The smallest absolute Gasteiger partial charge is 0.323 e. The predicted molar refractivity (Wildman–Crippen MR) is 74.0 cm³/mol. The van der Waals surface area contributed by atoms with E-state index in [9.17, 15) is 4.79 Å². The van der Waals surface area contributed by atoms with Crippen molar-refractivity contribution in [1.29, 1.82) is 0 Å². The van der Waals surface area contributed by atoms with E-state index in [1.807, 2.05) is 19.9 Å². The molecule has 0 spiro atoms. The lowest BCUT2D eigenvalue weighted by atomic mass is 10.3. The van der Waals surface area contributed by atoms with E-state index in [4.69, 9.17) is 16.3 Å². The summed E-state index contributed by atoms with van der Waals surface area (Å²) in [7, 11) is 1.39. The molecule has 0 amide bonds. The Morgan fingerprint density at radius 3 is 2.78 bits per heavy atom. The topological polar surface area (TPSA) is 51.2 Å². The van der Waals surface area contributed by atoms with Crippen molar-refractivity contribution in [2.24, 2.45) is 0 Å². The maximum atomic E-state index is 11.6. The predicted octanol–water partition coefficient (Wildman–Crippen LogP) is 2.37. The summed E-state index contributed by atoms with van der Waals surface area (Å²) in [5.41, 5.74) is 0. The highest BCUT2D eigenvalue weighted by Crippen LogP contribution is 2.18. The number of methoxy groups -OCH3 is 1. The summed E-state index contributed by atoms with van der Waals surface area (Å²) < 4.78 is 4.76. The number of nitrogens with one attached hydrogen (secondary N) is 1. The van der Waals surface area contributed by atoms with Gasteiger partial charge in [-0.15, -0.1) is 11.8 Å². The van der Waals surface area contributed by atoms with Crippen LogP contribution in [0.5, 0.6) is 0 Å². The van der Waals surface area contributed by atoms with E-state index in [2.05, 4.69) is 10.3 Å². The Kier molecular flexibility index (Phi) is 6.46. The molecule has 4 nitrogen and oxygen atoms in total. The molecule has 0 aromatic carbocycles. The first-order valence-electron chi connectivity index (χ1n) is 5.61. The van der Waals surface area contributed by atoms with Gasteiger partial charge >= 0.3 is 5.97 Å². The first kappa shape index (κ1) is 15.3. The van der Waals surface area contributed by atoms with Crippen molar-refractivity contribution < 1.29 is 9.53 Å². The number of ether oxygens (including phenoxy) is 1. The largest absolute Gasteiger partial charge is 0.468 e. The number of halogens is 1. The molecular weight excluding hydrogens is 272 g/mol. The summed E-state index contributed by atoms with van der Waals surface area (Å²) in [6.07, 6.45) is 1.59. The van der Waals surface area contributed by atoms with Crippen LogP contribution in [-0.4, -0.2) is 35.9 Å². The summed E-state index contributed by atoms with van der Waals surface area (Å²) in [5, 5.41) is 4.60. The Morgan fingerprint density at radius 1 is 1.56 bits per heavy atom. The van der Waals surface area contributed by atoms with Crippen LogP contribution in [0, 0.1) is 0 Å². The first-order valence-corrected chi connectivity index (χ1v) is 6.97. The van der Waals surface area contributed by atoms with Crippen LogP contribution in [0.25, 0.3) is 0 Å². The summed E-state index contributed by atoms with van der Waals surface area (Å²) in [4.78, 5) is 15.7. The normalized spacial score (nSPS) is 12.5. The van der Waals surface area contributed by atoms with E-state index in [-0.39, 0.29) is 18.1 Å². The molecule has 1 N–H and O–H groups in total. The van der Waals surface area contributed by atoms with E-state index in [0.717, 1.165) is 5.03 Å². The zero-order valence-electron chi connectivity index (χ0n) is 10.6. The Labute approximate surface area is 116 Å². The number of esters is 1. The number of thioether (sulfide) groups is 1. The quantitative estimate of drug-likeness (QED) is 0.643. The fourth-order valence-corrected chi connectivity index (χ4v) is 2.32. The van der Waals surface area contributed by atoms with Gasteiger partial charge < -0.3 is 10.1 Å². The molecule has 1 unspecified atom stereocenters. The Hall–Kier alpha value is -0.780. The van der Waals surface area contributed by atoms with Gasteiger partial charge in [-0.1, -0.05) is 25.4 Å². The molecule has 0 saturated carbocycles. The molecule has 0 aliphatic rings. The van der Waals surface area contributed by atoms with E-state index in [1.54, 1.807) is 12.3 Å². The monoisotopic (exact) mass is 288 g/mol. The molecule has 6 heteroatoms. The summed E-state index contributed by atoms with van der Waals surface area (Å²) in [6, 6.07) is 3.49. The van der Waals surface area contributed by atoms with Crippen molar-refractivity contribution in [2.75, 3.05) is 12.9 Å². The van der Waals surface area contributed by atoms with Gasteiger partial charge in [0.25, 0.3) is 0 Å². The maximum Gasteiger partial charge on any atom is 0.323 e. The van der Waals surface area contributed by atoms with Crippen molar-refractivity contribution in [1.82, 2.24) is 10.3 Å². The van der Waals surface area contributed by atoms with Gasteiger partial charge in [-0.05, 0) is 12.1 Å². The summed E-state index contributed by atoms with van der Waals surface area (Å²) in [6.45, 7) is 3.97. The van der Waals surface area contributed by atoms with Crippen molar-refractivity contribution in [3.8, 4) is 0 Å². The van der Waals surface area contributed by atoms with E-state index in [1.165, 1.54) is 18.9 Å². The maximum absolute atomic E-state index is 11.6. The lowest BCUT2D eigenvalue weighted by Gasteiger charge is -2.18. The average molecular weight is 289 g/mol. The minimum absolute atomic E-state index is 0.216. The Morgan fingerprint density at radius 2 is 2.28 bits per heavy atom. The van der Waals surface area contributed by atoms with Gasteiger partial charge in [-0.3, -0.25) is 4.79 Å². The van der Waals surface area contributed by atoms with Gasteiger partial charge in [0.15, 0.2) is 0 Å². The standard InChI is InChI=1S/C12H17ClN2O2S/c1-8(2)15-10(12(16)17-3)7-18-11-5-4-9(13)6-14-11/h4-6,8,10,15H,7H2,1-3H3. The van der Waals surface area contributed by atoms with E-state index >= 15 is 0 Å². The molecule has 1 heterocycles. The number of pyridine rings is 1. The molecule has 0 radical (unpaired) electrons. The number of nitrogens with zero attached hydrogens (tertiary/aromatic N) is 1. The van der Waals surface area contributed by atoms with Crippen LogP contribution in [-0.2, 0) is 9.53 Å². The Balaban J connectivity index is 2.55. The zero-order valence-corrected chi connectivity index (χ0v) is 12.2. The van der Waals surface area contributed by atoms with Crippen LogP contribution >= 0.6 is 23.4 Å². The van der Waals surface area contributed by atoms with Gasteiger partial charge in [0, 0.05) is 18.0 Å². The number of rotatable bonds is 6. The molecule has 1 rings (SSSR count). The third-order valence-corrected chi connectivity index (χ3v) is 3.38. The molecule has 1 aromatic rings. The number of hydrogen-bond donors (Lipinski definition) is 1. The second-order valence-electron chi connectivity index (χ2n) is 4.02. The molecule has 100 valence electrons. The molecule has 0 fully saturated rings.